The second-order valence-corrected chi connectivity index (χ2v) is 9.50. The average molecular weight is 539 g/mol. The van der Waals surface area contributed by atoms with Gasteiger partial charge in [-0.3, -0.25) is 0 Å². The van der Waals surface area contributed by atoms with Crippen molar-refractivity contribution in [3.05, 3.63) is 89.1 Å². The van der Waals surface area contributed by atoms with Crippen LogP contribution in [-0.2, 0) is 23.5 Å². The molecule has 1 heterocycles. The zero-order valence-electron chi connectivity index (χ0n) is 20.4. The molecule has 2 aromatic carbocycles. The van der Waals surface area contributed by atoms with E-state index in [1.807, 2.05) is 30.3 Å². The smallest absolute Gasteiger partial charge is 0.387 e. The molecule has 204 valence electrons. The van der Waals surface area contributed by atoms with Gasteiger partial charge in [-0.1, -0.05) is 48.5 Å². The minimum absolute atomic E-state index is 0.0957. The first-order valence-corrected chi connectivity index (χ1v) is 12.3. The van der Waals surface area contributed by atoms with Gasteiger partial charge in [0.15, 0.2) is 5.69 Å². The third-order valence-corrected chi connectivity index (χ3v) is 6.36. The molecule has 0 radical (unpaired) electrons. The number of benzene rings is 2. The zero-order valence-corrected chi connectivity index (χ0v) is 20.4. The standard InChI is InChI=1S/C28H28F6N2O2/c29-27(30,31)21-10-8-20(9-11-21)24-13-12-23(26(36-24)28(32,33)34)25(37)15-35-22(17-38-16-19-6-7-19)14-18-4-2-1-3-5-18/h1-5,8-13,19,22,25,35,37H,6-7,14-17H2/t22-,25-/m0/s1. The third-order valence-electron chi connectivity index (χ3n) is 6.36. The van der Waals surface area contributed by atoms with Crippen LogP contribution in [0.5, 0.6) is 0 Å². The molecule has 1 fully saturated rings. The Kier molecular flexibility index (Phi) is 8.74. The highest BCUT2D eigenvalue weighted by molar-refractivity contribution is 5.60. The van der Waals surface area contributed by atoms with Gasteiger partial charge in [-0.05, 0) is 48.9 Å². The van der Waals surface area contributed by atoms with Gasteiger partial charge in [0, 0.05) is 30.3 Å². The van der Waals surface area contributed by atoms with E-state index in [-0.39, 0.29) is 23.8 Å². The number of nitrogens with one attached hydrogen (secondary N) is 1. The van der Waals surface area contributed by atoms with Crippen molar-refractivity contribution in [2.45, 2.75) is 43.8 Å². The summed E-state index contributed by atoms with van der Waals surface area (Å²) in [6, 6.07) is 15.4. The fourth-order valence-electron chi connectivity index (χ4n) is 4.09. The lowest BCUT2D eigenvalue weighted by molar-refractivity contribution is -0.142. The van der Waals surface area contributed by atoms with Gasteiger partial charge in [0.2, 0.25) is 0 Å². The lowest BCUT2D eigenvalue weighted by atomic mass is 10.0. The van der Waals surface area contributed by atoms with Crippen LogP contribution in [0.4, 0.5) is 26.3 Å². The number of nitrogens with zero attached hydrogens (tertiary/aromatic N) is 1. The highest BCUT2D eigenvalue weighted by atomic mass is 19.4. The molecule has 38 heavy (non-hydrogen) atoms. The van der Waals surface area contributed by atoms with E-state index in [2.05, 4.69) is 10.3 Å². The molecule has 0 bridgehead atoms. The summed E-state index contributed by atoms with van der Waals surface area (Å²) in [7, 11) is 0. The number of ether oxygens (including phenoxy) is 1. The van der Waals surface area contributed by atoms with Crippen molar-refractivity contribution >= 4 is 0 Å². The normalized spacial score (nSPS) is 15.9. The van der Waals surface area contributed by atoms with Crippen LogP contribution in [0.15, 0.2) is 66.7 Å². The summed E-state index contributed by atoms with van der Waals surface area (Å²) in [6.45, 7) is 0.799. The van der Waals surface area contributed by atoms with Gasteiger partial charge in [-0.15, -0.1) is 0 Å². The molecule has 4 nitrogen and oxygen atoms in total. The number of pyridine rings is 1. The number of halogens is 6. The number of hydrogen-bond acceptors (Lipinski definition) is 4. The predicted molar refractivity (Wildman–Crippen MR) is 130 cm³/mol. The minimum Gasteiger partial charge on any atom is -0.387 e. The quantitative estimate of drug-likeness (QED) is 0.276. The van der Waals surface area contributed by atoms with Crippen LogP contribution in [0.2, 0.25) is 0 Å². The first-order valence-electron chi connectivity index (χ1n) is 12.3. The Morgan fingerprint density at radius 2 is 1.58 bits per heavy atom. The predicted octanol–water partition coefficient (Wildman–Crippen LogP) is 6.45. The Bertz CT molecular complexity index is 1180. The summed E-state index contributed by atoms with van der Waals surface area (Å²) < 4.78 is 86.0. The van der Waals surface area contributed by atoms with Crippen LogP contribution in [0.25, 0.3) is 11.3 Å². The fourth-order valence-corrected chi connectivity index (χ4v) is 4.09. The van der Waals surface area contributed by atoms with Crippen LogP contribution in [0, 0.1) is 5.92 Å². The van der Waals surface area contributed by atoms with Crippen molar-refractivity contribution in [2.75, 3.05) is 19.8 Å². The SMILES string of the molecule is O[C@@H](CN[C@H](COCC1CC1)Cc1ccccc1)c1ccc(-c2ccc(C(F)(F)F)cc2)nc1C(F)(F)F. The Morgan fingerprint density at radius 1 is 0.895 bits per heavy atom. The van der Waals surface area contributed by atoms with E-state index < -0.39 is 35.3 Å². The van der Waals surface area contributed by atoms with E-state index in [0.29, 0.717) is 25.6 Å². The summed E-state index contributed by atoms with van der Waals surface area (Å²) >= 11 is 0. The maximum Gasteiger partial charge on any atom is 0.433 e. The molecule has 1 aromatic heterocycles. The number of aromatic nitrogens is 1. The van der Waals surface area contributed by atoms with Crippen molar-refractivity contribution in [3.8, 4) is 11.3 Å². The van der Waals surface area contributed by atoms with Crippen molar-refractivity contribution in [1.29, 1.82) is 0 Å². The van der Waals surface area contributed by atoms with Crippen molar-refractivity contribution < 1.29 is 36.2 Å². The van der Waals surface area contributed by atoms with Gasteiger partial charge in [-0.25, -0.2) is 4.98 Å². The molecule has 10 heteroatoms. The molecule has 0 saturated heterocycles. The van der Waals surface area contributed by atoms with Crippen molar-refractivity contribution in [3.63, 3.8) is 0 Å². The molecule has 0 aliphatic heterocycles. The van der Waals surface area contributed by atoms with E-state index in [1.54, 1.807) is 0 Å². The van der Waals surface area contributed by atoms with Crippen molar-refractivity contribution in [1.82, 2.24) is 10.3 Å². The topological polar surface area (TPSA) is 54.4 Å². The molecule has 4 rings (SSSR count). The molecule has 1 aliphatic carbocycles. The Hall–Kier alpha value is -2.95. The maximum atomic E-state index is 13.9. The molecule has 0 spiro atoms. The van der Waals surface area contributed by atoms with Crippen LogP contribution < -0.4 is 5.32 Å². The van der Waals surface area contributed by atoms with Crippen LogP contribution in [-0.4, -0.2) is 35.9 Å². The monoisotopic (exact) mass is 538 g/mol. The average Bonchev–Trinajstić information content (AvgIpc) is 3.71. The van der Waals surface area contributed by atoms with Gasteiger partial charge < -0.3 is 15.2 Å². The number of alkyl halides is 6. The first-order chi connectivity index (χ1) is 18.0. The molecule has 1 aliphatic rings. The minimum atomic E-state index is -4.88. The summed E-state index contributed by atoms with van der Waals surface area (Å²) in [4.78, 5) is 3.68. The van der Waals surface area contributed by atoms with Crippen LogP contribution >= 0.6 is 0 Å². The Labute approximate surface area is 216 Å². The molecule has 2 N–H and O–H groups in total. The fraction of sp³-hybridized carbons (Fsp3) is 0.393. The highest BCUT2D eigenvalue weighted by Crippen LogP contribution is 2.36. The number of rotatable bonds is 11. The van der Waals surface area contributed by atoms with E-state index in [1.165, 1.54) is 6.07 Å². The number of hydrogen-bond donors (Lipinski definition) is 2. The van der Waals surface area contributed by atoms with Gasteiger partial charge in [0.1, 0.15) is 0 Å². The number of aliphatic hydroxyl groups is 1. The lowest BCUT2D eigenvalue weighted by Crippen LogP contribution is -2.38. The molecule has 0 unspecified atom stereocenters. The van der Waals surface area contributed by atoms with E-state index >= 15 is 0 Å². The first kappa shape index (κ1) is 28.1. The highest BCUT2D eigenvalue weighted by Gasteiger charge is 2.37. The molecule has 0 amide bonds. The van der Waals surface area contributed by atoms with E-state index in [4.69, 9.17) is 4.74 Å². The van der Waals surface area contributed by atoms with Crippen LogP contribution in [0.3, 0.4) is 0 Å². The maximum absolute atomic E-state index is 13.9. The van der Waals surface area contributed by atoms with Gasteiger partial charge in [-0.2, -0.15) is 26.3 Å². The molecular formula is C28H28F6N2O2. The Morgan fingerprint density at radius 3 is 2.18 bits per heavy atom. The van der Waals surface area contributed by atoms with Gasteiger partial charge >= 0.3 is 12.4 Å². The van der Waals surface area contributed by atoms with E-state index in [9.17, 15) is 31.4 Å². The molecule has 1 saturated carbocycles. The third kappa shape index (κ3) is 7.78. The van der Waals surface area contributed by atoms with Gasteiger partial charge in [0.25, 0.3) is 0 Å². The van der Waals surface area contributed by atoms with Crippen LogP contribution in [0.1, 0.15) is 41.3 Å². The summed E-state index contributed by atoms with van der Waals surface area (Å²) in [5.41, 5.74) is -1.65. The Balaban J connectivity index is 1.49. The van der Waals surface area contributed by atoms with E-state index in [0.717, 1.165) is 48.7 Å². The summed E-state index contributed by atoms with van der Waals surface area (Å²) in [6.07, 6.45) is -8.14. The largest absolute Gasteiger partial charge is 0.433 e. The van der Waals surface area contributed by atoms with Gasteiger partial charge in [0.05, 0.1) is 24.0 Å². The molecule has 2 atom stereocenters. The van der Waals surface area contributed by atoms with Crippen molar-refractivity contribution in [2.24, 2.45) is 5.92 Å². The number of aliphatic hydroxyl groups excluding tert-OH is 1. The second kappa shape index (κ2) is 11.8. The second-order valence-electron chi connectivity index (χ2n) is 9.50. The summed E-state index contributed by atoms with van der Waals surface area (Å²) in [5.74, 6) is 0.557. The molecular weight excluding hydrogens is 510 g/mol. The zero-order chi connectivity index (χ0) is 27.3. The summed E-state index contributed by atoms with van der Waals surface area (Å²) in [5, 5.41) is 13.9. The lowest BCUT2D eigenvalue weighted by Gasteiger charge is -2.23. The molecule has 3 aromatic rings.